The monoisotopic (exact) mass is 314 g/mol. The Bertz CT molecular complexity index is 633. The second-order valence-corrected chi connectivity index (χ2v) is 8.36. The number of allylic oxidation sites excluding steroid dienone is 2. The summed E-state index contributed by atoms with van der Waals surface area (Å²) in [7, 11) is 0. The highest BCUT2D eigenvalue weighted by atomic mass is 16.5. The zero-order chi connectivity index (χ0) is 16.7. The van der Waals surface area contributed by atoms with E-state index in [-0.39, 0.29) is 47.3 Å². The average Bonchev–Trinajstić information content (AvgIpc) is 2.87. The first-order valence-corrected chi connectivity index (χ1v) is 8.88. The molecule has 0 amide bonds. The van der Waals surface area contributed by atoms with E-state index in [1.54, 1.807) is 0 Å². The summed E-state index contributed by atoms with van der Waals surface area (Å²) in [5.41, 5.74) is 1.44. The van der Waals surface area contributed by atoms with Gasteiger partial charge in [-0.2, -0.15) is 0 Å². The van der Waals surface area contributed by atoms with Gasteiger partial charge < -0.3 is 4.74 Å². The molecule has 0 radical (unpaired) electrons. The molecule has 2 bridgehead atoms. The Morgan fingerprint density at radius 3 is 2.65 bits per heavy atom. The number of hydrogen-bond donors (Lipinski definition) is 0. The lowest BCUT2D eigenvalue weighted by molar-refractivity contribution is -0.176. The van der Waals surface area contributed by atoms with Crippen LogP contribution in [0.1, 0.15) is 40.0 Å². The smallest absolute Gasteiger partial charge is 0.170 e. The molecule has 2 heterocycles. The van der Waals surface area contributed by atoms with E-state index < -0.39 is 5.60 Å². The van der Waals surface area contributed by atoms with Crippen LogP contribution in [0.25, 0.3) is 0 Å². The highest BCUT2D eigenvalue weighted by Gasteiger charge is 2.72. The quantitative estimate of drug-likeness (QED) is 0.697. The molecule has 4 rings (SSSR count). The van der Waals surface area contributed by atoms with Gasteiger partial charge in [-0.3, -0.25) is 9.59 Å². The van der Waals surface area contributed by atoms with E-state index in [0.717, 1.165) is 24.0 Å². The van der Waals surface area contributed by atoms with Gasteiger partial charge in [0.05, 0.1) is 12.0 Å². The number of fused-ring (bicyclic) bond motifs is 4. The molecule has 23 heavy (non-hydrogen) atoms. The zero-order valence-electron chi connectivity index (χ0n) is 14.3. The van der Waals surface area contributed by atoms with Crippen molar-refractivity contribution in [2.45, 2.75) is 51.7 Å². The van der Waals surface area contributed by atoms with Crippen molar-refractivity contribution in [2.75, 3.05) is 0 Å². The number of Topliss-reactive ketones (excluding diaryl/α,β-unsaturated/α-hetero) is 2. The van der Waals surface area contributed by atoms with Gasteiger partial charge >= 0.3 is 0 Å². The third-order valence-corrected chi connectivity index (χ3v) is 7.07. The highest BCUT2D eigenvalue weighted by molar-refractivity contribution is 6.02. The third-order valence-electron chi connectivity index (χ3n) is 7.07. The average molecular weight is 314 g/mol. The number of rotatable bonds is 1. The van der Waals surface area contributed by atoms with Gasteiger partial charge in [0.2, 0.25) is 0 Å². The molecule has 2 aliphatic carbocycles. The van der Waals surface area contributed by atoms with Crippen molar-refractivity contribution in [3.8, 4) is 0 Å². The molecule has 3 nitrogen and oxygen atoms in total. The van der Waals surface area contributed by atoms with Gasteiger partial charge in [0.25, 0.3) is 0 Å². The lowest BCUT2D eigenvalue weighted by atomic mass is 9.59. The Balaban J connectivity index is 1.89. The molecule has 1 spiro atoms. The number of ether oxygens (including phenoxy) is 1. The van der Waals surface area contributed by atoms with Crippen LogP contribution in [-0.4, -0.2) is 23.3 Å². The fourth-order valence-corrected chi connectivity index (χ4v) is 6.10. The van der Waals surface area contributed by atoms with Crippen molar-refractivity contribution in [1.82, 2.24) is 0 Å². The summed E-state index contributed by atoms with van der Waals surface area (Å²) in [6.45, 7) is 14.5. The maximum Gasteiger partial charge on any atom is 0.170 e. The second kappa shape index (κ2) is 4.66. The standard InChI is InChI=1S/C20H26O3/c1-9(2)13-7-6-10(3)14-15(13)18-12(5)19(22)20(23-18)8-11(4)17(21)16(14)20/h11-16,18H,1,3,6-8H2,2,4-5H3/t11-,12+,13-,14-,15-,16-,18+,20+/m1/s1. The van der Waals surface area contributed by atoms with Crippen LogP contribution in [0, 0.1) is 35.5 Å². The zero-order valence-corrected chi connectivity index (χ0v) is 14.3. The van der Waals surface area contributed by atoms with Gasteiger partial charge in [-0.05, 0) is 43.9 Å². The largest absolute Gasteiger partial charge is 0.362 e. The van der Waals surface area contributed by atoms with Gasteiger partial charge in [0, 0.05) is 11.8 Å². The first-order chi connectivity index (χ1) is 10.8. The third kappa shape index (κ3) is 1.69. The van der Waals surface area contributed by atoms with Crippen molar-refractivity contribution >= 4 is 11.6 Å². The van der Waals surface area contributed by atoms with Crippen LogP contribution in [0.15, 0.2) is 24.3 Å². The minimum Gasteiger partial charge on any atom is -0.362 e. The van der Waals surface area contributed by atoms with Gasteiger partial charge in [-0.1, -0.05) is 38.2 Å². The van der Waals surface area contributed by atoms with Crippen molar-refractivity contribution in [3.63, 3.8) is 0 Å². The summed E-state index contributed by atoms with van der Waals surface area (Å²) in [6.07, 6.45) is 2.42. The van der Waals surface area contributed by atoms with Gasteiger partial charge in [-0.25, -0.2) is 0 Å². The number of ketones is 2. The molecule has 2 saturated carbocycles. The Kier molecular flexibility index (Phi) is 3.10. The van der Waals surface area contributed by atoms with Crippen LogP contribution in [0.4, 0.5) is 0 Å². The Morgan fingerprint density at radius 1 is 1.30 bits per heavy atom. The second-order valence-electron chi connectivity index (χ2n) is 8.36. The van der Waals surface area contributed by atoms with Crippen molar-refractivity contribution in [1.29, 1.82) is 0 Å². The normalized spacial score (nSPS) is 51.6. The molecule has 2 saturated heterocycles. The molecule has 0 aromatic heterocycles. The Labute approximate surface area is 138 Å². The highest BCUT2D eigenvalue weighted by Crippen LogP contribution is 2.63. The molecule has 0 unspecified atom stereocenters. The number of carbonyl (C=O) groups excluding carboxylic acids is 2. The predicted octanol–water partition coefficient (Wildman–Crippen LogP) is 3.34. The summed E-state index contributed by atoms with van der Waals surface area (Å²) < 4.78 is 6.42. The number of hydrogen-bond acceptors (Lipinski definition) is 3. The Morgan fingerprint density at radius 2 is 2.00 bits per heavy atom. The maximum absolute atomic E-state index is 13.1. The summed E-state index contributed by atoms with van der Waals surface area (Å²) in [5, 5.41) is 0. The lowest BCUT2D eigenvalue weighted by Gasteiger charge is -2.51. The molecule has 0 aromatic carbocycles. The topological polar surface area (TPSA) is 43.4 Å². The van der Waals surface area contributed by atoms with Crippen molar-refractivity contribution in [2.24, 2.45) is 35.5 Å². The maximum atomic E-state index is 13.1. The molecule has 4 aliphatic rings. The Hall–Kier alpha value is -1.22. The summed E-state index contributed by atoms with van der Waals surface area (Å²) in [5.74, 6) is 0.441. The van der Waals surface area contributed by atoms with Crippen LogP contribution < -0.4 is 0 Å². The summed E-state index contributed by atoms with van der Waals surface area (Å²) >= 11 is 0. The fourth-order valence-electron chi connectivity index (χ4n) is 6.10. The SMILES string of the molecule is C=C1CC[C@H](C(=C)C)[C@H]2[C@H]3O[C@]4(C[C@@H](C)C(=O)[C@H]4[C@H]12)C(=O)[C@H]3C. The molecule has 0 N–H and O–H groups in total. The van der Waals surface area contributed by atoms with E-state index >= 15 is 0 Å². The fraction of sp³-hybridized carbons (Fsp3) is 0.700. The van der Waals surface area contributed by atoms with E-state index in [1.165, 1.54) is 0 Å². The van der Waals surface area contributed by atoms with E-state index in [9.17, 15) is 9.59 Å². The van der Waals surface area contributed by atoms with Crippen molar-refractivity contribution in [3.05, 3.63) is 24.3 Å². The van der Waals surface area contributed by atoms with E-state index in [0.29, 0.717) is 12.3 Å². The van der Waals surface area contributed by atoms with Crippen LogP contribution in [0.5, 0.6) is 0 Å². The molecule has 0 aromatic rings. The minimum absolute atomic E-state index is 0.0828. The van der Waals surface area contributed by atoms with Crippen molar-refractivity contribution < 1.29 is 14.3 Å². The first-order valence-electron chi connectivity index (χ1n) is 8.88. The van der Waals surface area contributed by atoms with Crippen LogP contribution in [0.3, 0.4) is 0 Å². The van der Waals surface area contributed by atoms with Crippen LogP contribution in [0.2, 0.25) is 0 Å². The van der Waals surface area contributed by atoms with Crippen LogP contribution in [-0.2, 0) is 14.3 Å². The minimum atomic E-state index is -0.859. The molecule has 8 atom stereocenters. The number of carbonyl (C=O) groups is 2. The van der Waals surface area contributed by atoms with Gasteiger partial charge in [0.1, 0.15) is 11.4 Å². The molecule has 124 valence electrons. The van der Waals surface area contributed by atoms with E-state index in [4.69, 9.17) is 4.74 Å². The summed E-state index contributed by atoms with van der Waals surface area (Å²) in [6, 6.07) is 0. The first kappa shape index (κ1) is 15.3. The van der Waals surface area contributed by atoms with Gasteiger partial charge in [0.15, 0.2) is 5.78 Å². The van der Waals surface area contributed by atoms with E-state index in [2.05, 4.69) is 20.1 Å². The van der Waals surface area contributed by atoms with E-state index in [1.807, 2.05) is 13.8 Å². The predicted molar refractivity (Wildman–Crippen MR) is 87.7 cm³/mol. The molecule has 3 heteroatoms. The lowest BCUT2D eigenvalue weighted by Crippen LogP contribution is -2.55. The molecule has 2 aliphatic heterocycles. The summed E-state index contributed by atoms with van der Waals surface area (Å²) in [4.78, 5) is 26.0. The molecular formula is C20H26O3. The van der Waals surface area contributed by atoms with Gasteiger partial charge in [-0.15, -0.1) is 0 Å². The molecule has 4 fully saturated rings. The van der Waals surface area contributed by atoms with Crippen LogP contribution >= 0.6 is 0 Å². The molecular weight excluding hydrogens is 288 g/mol.